The largest absolute Gasteiger partial charge is 0.0804 e. The van der Waals surface area contributed by atoms with Gasteiger partial charge in [-0.15, -0.1) is 0 Å². The first-order valence-electron chi connectivity index (χ1n) is 8.05. The van der Waals surface area contributed by atoms with Gasteiger partial charge in [0.05, 0.1) is 9.52 Å². The fourth-order valence-corrected chi connectivity index (χ4v) is 3.81. The molecule has 1 aliphatic rings. The van der Waals surface area contributed by atoms with Gasteiger partial charge in [0.2, 0.25) is 0 Å². The summed E-state index contributed by atoms with van der Waals surface area (Å²) >= 11 is 0. The maximum absolute atomic E-state index is 2.43. The number of allylic oxidation sites excluding steroid dienone is 8. The van der Waals surface area contributed by atoms with Gasteiger partial charge in [-0.25, -0.2) is 0 Å². The standard InChI is InChI=1S/C20H26Si/c1-5-15(3)18-12-16(6-2)13-20(21-4)19(14-18)17-10-8-7-9-11-17/h6-15H,5,21H2,1-4H3/b16-6-. The lowest BCUT2D eigenvalue weighted by Crippen LogP contribution is -1.99. The molecule has 21 heavy (non-hydrogen) atoms. The van der Waals surface area contributed by atoms with E-state index in [1.807, 2.05) is 0 Å². The summed E-state index contributed by atoms with van der Waals surface area (Å²) in [6.45, 7) is 9.11. The Morgan fingerprint density at radius 1 is 1.10 bits per heavy atom. The van der Waals surface area contributed by atoms with Crippen molar-refractivity contribution in [3.63, 3.8) is 0 Å². The topological polar surface area (TPSA) is 0 Å². The van der Waals surface area contributed by atoms with Crippen LogP contribution in [0.1, 0.15) is 32.8 Å². The molecule has 0 fully saturated rings. The lowest BCUT2D eigenvalue weighted by atomic mass is 9.94. The van der Waals surface area contributed by atoms with Gasteiger partial charge in [-0.3, -0.25) is 0 Å². The third-order valence-electron chi connectivity index (χ3n) is 4.31. The molecule has 0 radical (unpaired) electrons. The van der Waals surface area contributed by atoms with Crippen LogP contribution < -0.4 is 0 Å². The van der Waals surface area contributed by atoms with Crippen LogP contribution in [0.15, 0.2) is 71.0 Å². The van der Waals surface area contributed by atoms with E-state index in [0.29, 0.717) is 5.92 Å². The Morgan fingerprint density at radius 3 is 2.38 bits per heavy atom. The minimum absolute atomic E-state index is 0.221. The Balaban J connectivity index is 2.58. The predicted octanol–water partition coefficient (Wildman–Crippen LogP) is 5.10. The molecular formula is C20H26Si. The minimum atomic E-state index is -0.221. The zero-order valence-electron chi connectivity index (χ0n) is 13.7. The summed E-state index contributed by atoms with van der Waals surface area (Å²) < 4.78 is 0. The lowest BCUT2D eigenvalue weighted by Gasteiger charge is -2.13. The molecule has 0 N–H and O–H groups in total. The van der Waals surface area contributed by atoms with Crippen molar-refractivity contribution in [1.29, 1.82) is 0 Å². The summed E-state index contributed by atoms with van der Waals surface area (Å²) in [5.74, 6) is 0.602. The van der Waals surface area contributed by atoms with Gasteiger partial charge < -0.3 is 0 Å². The molecule has 0 amide bonds. The van der Waals surface area contributed by atoms with Crippen molar-refractivity contribution in [2.45, 2.75) is 33.7 Å². The second-order valence-corrected chi connectivity index (χ2v) is 7.16. The van der Waals surface area contributed by atoms with Crippen LogP contribution in [0.25, 0.3) is 5.57 Å². The van der Waals surface area contributed by atoms with Crippen molar-refractivity contribution in [2.24, 2.45) is 5.92 Å². The molecule has 0 aromatic heterocycles. The van der Waals surface area contributed by atoms with E-state index < -0.39 is 0 Å². The van der Waals surface area contributed by atoms with Crippen LogP contribution in [0.4, 0.5) is 0 Å². The van der Waals surface area contributed by atoms with Crippen molar-refractivity contribution in [1.82, 2.24) is 0 Å². The van der Waals surface area contributed by atoms with Crippen LogP contribution >= 0.6 is 0 Å². The van der Waals surface area contributed by atoms with E-state index in [9.17, 15) is 0 Å². The van der Waals surface area contributed by atoms with Gasteiger partial charge >= 0.3 is 0 Å². The van der Waals surface area contributed by atoms with Gasteiger partial charge in [0.1, 0.15) is 0 Å². The zero-order valence-corrected chi connectivity index (χ0v) is 15.1. The first-order valence-corrected chi connectivity index (χ1v) is 10.2. The van der Waals surface area contributed by atoms with Crippen LogP contribution in [-0.4, -0.2) is 9.52 Å². The Labute approximate surface area is 131 Å². The molecule has 0 saturated carbocycles. The smallest absolute Gasteiger partial charge is 0.0525 e. The fourth-order valence-electron chi connectivity index (χ4n) is 2.68. The van der Waals surface area contributed by atoms with Crippen molar-refractivity contribution >= 4 is 15.1 Å². The maximum atomic E-state index is 2.43. The third kappa shape index (κ3) is 3.73. The molecule has 2 rings (SSSR count). The second-order valence-electron chi connectivity index (χ2n) is 5.69. The zero-order chi connectivity index (χ0) is 15.2. The highest BCUT2D eigenvalue weighted by molar-refractivity contribution is 6.49. The van der Waals surface area contributed by atoms with Gasteiger partial charge in [0.25, 0.3) is 0 Å². The molecule has 0 saturated heterocycles. The van der Waals surface area contributed by atoms with Crippen LogP contribution in [0.3, 0.4) is 0 Å². The molecule has 1 atom stereocenters. The summed E-state index contributed by atoms with van der Waals surface area (Å²) in [5, 5.41) is 1.56. The van der Waals surface area contributed by atoms with Crippen molar-refractivity contribution in [3.8, 4) is 0 Å². The van der Waals surface area contributed by atoms with Crippen LogP contribution in [0.5, 0.6) is 0 Å². The number of benzene rings is 1. The fraction of sp³-hybridized carbons (Fsp3) is 0.300. The number of hydrogen-bond acceptors (Lipinski definition) is 0. The third-order valence-corrected chi connectivity index (χ3v) is 5.66. The molecule has 0 bridgehead atoms. The van der Waals surface area contributed by atoms with Crippen LogP contribution in [0, 0.1) is 5.92 Å². The average Bonchev–Trinajstić information content (AvgIpc) is 2.74. The Hall–Kier alpha value is -1.60. The van der Waals surface area contributed by atoms with Gasteiger partial charge in [0, 0.05) is 0 Å². The summed E-state index contributed by atoms with van der Waals surface area (Å²) in [7, 11) is -0.221. The predicted molar refractivity (Wildman–Crippen MR) is 98.2 cm³/mol. The number of hydrogen-bond donors (Lipinski definition) is 0. The Morgan fingerprint density at radius 2 is 1.81 bits per heavy atom. The Kier molecular flexibility index (Phi) is 5.57. The van der Waals surface area contributed by atoms with E-state index in [-0.39, 0.29) is 9.52 Å². The van der Waals surface area contributed by atoms with E-state index in [2.05, 4.69) is 82.0 Å². The SMILES string of the molecule is C/C=C1\C=C([SiH2]C)C(c2ccccc2)=CC(C(C)CC)=C1. The monoisotopic (exact) mass is 294 g/mol. The quantitative estimate of drug-likeness (QED) is 0.677. The molecule has 0 nitrogen and oxygen atoms in total. The first-order chi connectivity index (χ1) is 10.2. The highest BCUT2D eigenvalue weighted by Crippen LogP contribution is 2.31. The van der Waals surface area contributed by atoms with Gasteiger partial charge in [-0.1, -0.05) is 80.2 Å². The van der Waals surface area contributed by atoms with E-state index in [0.717, 1.165) is 0 Å². The highest BCUT2D eigenvalue weighted by atomic mass is 28.2. The summed E-state index contributed by atoms with van der Waals surface area (Å²) in [5.41, 5.74) is 5.60. The second kappa shape index (κ2) is 7.42. The summed E-state index contributed by atoms with van der Waals surface area (Å²) in [4.78, 5) is 0. The van der Waals surface area contributed by atoms with Crippen LogP contribution in [0.2, 0.25) is 6.55 Å². The summed E-state index contributed by atoms with van der Waals surface area (Å²) in [6.07, 6.45) is 10.6. The van der Waals surface area contributed by atoms with E-state index in [1.165, 1.54) is 28.7 Å². The minimum Gasteiger partial charge on any atom is -0.0804 e. The van der Waals surface area contributed by atoms with Crippen molar-refractivity contribution in [3.05, 3.63) is 76.5 Å². The van der Waals surface area contributed by atoms with Gasteiger partial charge in [-0.05, 0) is 41.5 Å². The first kappa shape index (κ1) is 15.8. The molecule has 110 valence electrons. The molecular weight excluding hydrogens is 268 g/mol. The summed E-state index contributed by atoms with van der Waals surface area (Å²) in [6, 6.07) is 10.8. The molecule has 1 heteroatoms. The van der Waals surface area contributed by atoms with E-state index >= 15 is 0 Å². The molecule has 0 aliphatic heterocycles. The van der Waals surface area contributed by atoms with Gasteiger partial charge in [0.15, 0.2) is 0 Å². The Bertz CT molecular complexity index is 600. The molecule has 1 unspecified atom stereocenters. The van der Waals surface area contributed by atoms with E-state index in [4.69, 9.17) is 0 Å². The highest BCUT2D eigenvalue weighted by Gasteiger charge is 2.14. The molecule has 1 aromatic rings. The molecule has 0 heterocycles. The molecule has 1 aromatic carbocycles. The van der Waals surface area contributed by atoms with Gasteiger partial charge in [-0.2, -0.15) is 0 Å². The van der Waals surface area contributed by atoms with Crippen molar-refractivity contribution < 1.29 is 0 Å². The number of rotatable bonds is 4. The van der Waals surface area contributed by atoms with Crippen LogP contribution in [-0.2, 0) is 0 Å². The molecule has 0 spiro atoms. The lowest BCUT2D eigenvalue weighted by molar-refractivity contribution is 0.670. The maximum Gasteiger partial charge on any atom is 0.0525 e. The normalized spacial score (nSPS) is 19.2. The average molecular weight is 295 g/mol. The van der Waals surface area contributed by atoms with Crippen molar-refractivity contribution in [2.75, 3.05) is 0 Å². The van der Waals surface area contributed by atoms with E-state index in [1.54, 1.807) is 5.20 Å². The molecule has 1 aliphatic carbocycles.